The lowest BCUT2D eigenvalue weighted by Crippen LogP contribution is -2.37. The van der Waals surface area contributed by atoms with E-state index < -0.39 is 12.1 Å². The molecule has 1 aromatic rings. The van der Waals surface area contributed by atoms with E-state index in [-0.39, 0.29) is 23.9 Å². The highest BCUT2D eigenvalue weighted by atomic mass is 19.4. The van der Waals surface area contributed by atoms with Gasteiger partial charge in [0.1, 0.15) is 25.3 Å². The van der Waals surface area contributed by atoms with Crippen molar-refractivity contribution in [2.24, 2.45) is 5.73 Å². The molecule has 28 heavy (non-hydrogen) atoms. The number of esters is 1. The summed E-state index contributed by atoms with van der Waals surface area (Å²) in [5.41, 5.74) is 9.79. The van der Waals surface area contributed by atoms with Gasteiger partial charge < -0.3 is 24.9 Å². The maximum absolute atomic E-state index is 12.4. The quantitative estimate of drug-likeness (QED) is 0.533. The smallest absolute Gasteiger partial charge is 0.430 e. The normalized spacial score (nSPS) is 15.3. The van der Waals surface area contributed by atoms with Crippen LogP contribution in [0, 0.1) is 0 Å². The Hall–Kier alpha value is -3.11. The number of ether oxygens (including phenoxy) is 1. The summed E-state index contributed by atoms with van der Waals surface area (Å²) in [6.45, 7) is 1.31. The van der Waals surface area contributed by atoms with Crippen LogP contribution in [0.25, 0.3) is 0 Å². The van der Waals surface area contributed by atoms with E-state index in [1.165, 1.54) is 7.11 Å². The first-order chi connectivity index (χ1) is 13.0. The van der Waals surface area contributed by atoms with Gasteiger partial charge in [0.2, 0.25) is 11.5 Å². The number of aliphatic carboxylic acids is 1. The molecule has 0 radical (unpaired) electrons. The van der Waals surface area contributed by atoms with Crippen molar-refractivity contribution in [1.82, 2.24) is 4.57 Å². The zero-order chi connectivity index (χ0) is 21.2. The van der Waals surface area contributed by atoms with Crippen LogP contribution in [-0.2, 0) is 27.3 Å². The highest BCUT2D eigenvalue weighted by Gasteiger charge is 2.36. The van der Waals surface area contributed by atoms with Crippen LogP contribution in [-0.4, -0.2) is 59.5 Å². The van der Waals surface area contributed by atoms with Crippen molar-refractivity contribution in [1.29, 1.82) is 0 Å². The summed E-state index contributed by atoms with van der Waals surface area (Å²) in [6.07, 6.45) is -0.364. The van der Waals surface area contributed by atoms with Crippen LogP contribution >= 0.6 is 0 Å². The summed E-state index contributed by atoms with van der Waals surface area (Å²) < 4.78 is 40.2. The van der Waals surface area contributed by atoms with E-state index >= 15 is 0 Å². The largest absolute Gasteiger partial charge is 0.542 e. The summed E-state index contributed by atoms with van der Waals surface area (Å²) in [6, 6.07) is 0. The molecule has 0 fully saturated rings. The summed E-state index contributed by atoms with van der Waals surface area (Å²) >= 11 is 0. The van der Waals surface area contributed by atoms with Gasteiger partial charge in [-0.1, -0.05) is 0 Å². The molecule has 1 aromatic heterocycles. The lowest BCUT2D eigenvalue weighted by molar-refractivity contribution is -0.497. The number of rotatable bonds is 3. The van der Waals surface area contributed by atoms with Gasteiger partial charge in [-0.2, -0.15) is 13.2 Å². The molecular formula is C17H18F3N3O5. The third-order valence-electron chi connectivity index (χ3n) is 4.33. The highest BCUT2D eigenvalue weighted by molar-refractivity contribution is 6.24. The van der Waals surface area contributed by atoms with Crippen LogP contribution < -0.4 is 10.8 Å². The molecule has 0 amide bonds. The molecule has 2 N–H and O–H groups in total. The molecule has 8 nitrogen and oxygen atoms in total. The molecule has 0 atom stereocenters. The van der Waals surface area contributed by atoms with Crippen molar-refractivity contribution >= 4 is 23.4 Å². The number of carboxylic acid groups (broad SMARTS) is 1. The molecule has 1 aliphatic heterocycles. The number of nitrogens with two attached hydrogens (primary N) is 1. The Kier molecular flexibility index (Phi) is 5.95. The summed E-state index contributed by atoms with van der Waals surface area (Å²) in [5, 5.41) is 8.78. The van der Waals surface area contributed by atoms with Gasteiger partial charge >= 0.3 is 12.1 Å². The molecule has 3 rings (SSSR count). The van der Waals surface area contributed by atoms with Crippen LogP contribution in [0.15, 0.2) is 18.0 Å². The second-order valence-electron chi connectivity index (χ2n) is 6.17. The second-order valence-corrected chi connectivity index (χ2v) is 6.17. The Morgan fingerprint density at radius 1 is 1.39 bits per heavy atom. The van der Waals surface area contributed by atoms with E-state index in [4.69, 9.17) is 15.6 Å². The van der Waals surface area contributed by atoms with Crippen LogP contribution in [0.1, 0.15) is 28.0 Å². The summed E-state index contributed by atoms with van der Waals surface area (Å²) in [4.78, 5) is 32.5. The number of nitrogens with zero attached hydrogens (tertiary/aromatic N) is 2. The number of likely N-dealkylation sites (N-methyl/N-ethyl adjacent to an activating group) is 1. The minimum Gasteiger partial charge on any atom is -0.542 e. The molecule has 0 unspecified atom stereocenters. The fourth-order valence-corrected chi connectivity index (χ4v) is 2.95. The van der Waals surface area contributed by atoms with Gasteiger partial charge in [-0.25, -0.2) is 4.58 Å². The standard InChI is InChI=1S/C15H17N3O3.C2HF3O2/c1-17-5-3-9-8-18(6-4-12(19)21-2)14-13(9)11(17)7-10(16)15(14)20;3-2(4,5)1(6)7/h7-8,16H,3-6H2,1-2H3;(H,6,7). The first-order valence-corrected chi connectivity index (χ1v) is 8.14. The van der Waals surface area contributed by atoms with Gasteiger partial charge in [0.15, 0.2) is 0 Å². The van der Waals surface area contributed by atoms with E-state index in [0.29, 0.717) is 12.2 Å². The van der Waals surface area contributed by atoms with E-state index in [0.717, 1.165) is 29.8 Å². The monoisotopic (exact) mass is 401 g/mol. The number of halogens is 3. The molecule has 2 heterocycles. The van der Waals surface area contributed by atoms with E-state index in [9.17, 15) is 22.8 Å². The lowest BCUT2D eigenvalue weighted by Gasteiger charge is -2.17. The fraction of sp³-hybridized carbons (Fsp3) is 0.412. The molecule has 0 spiro atoms. The van der Waals surface area contributed by atoms with E-state index in [1.807, 2.05) is 17.8 Å². The van der Waals surface area contributed by atoms with Crippen molar-refractivity contribution in [3.8, 4) is 0 Å². The maximum Gasteiger partial charge on any atom is 0.430 e. The maximum atomic E-state index is 12.4. The Bertz CT molecular complexity index is 897. The molecule has 0 aromatic carbocycles. The van der Waals surface area contributed by atoms with Gasteiger partial charge in [-0.05, 0) is 5.56 Å². The van der Waals surface area contributed by atoms with E-state index in [2.05, 4.69) is 9.31 Å². The van der Waals surface area contributed by atoms with Crippen molar-refractivity contribution in [2.45, 2.75) is 25.6 Å². The Morgan fingerprint density at radius 3 is 2.54 bits per heavy atom. The zero-order valence-electron chi connectivity index (χ0n) is 15.1. The minimum absolute atomic E-state index is 0.167. The van der Waals surface area contributed by atoms with Crippen molar-refractivity contribution in [2.75, 3.05) is 20.7 Å². The zero-order valence-corrected chi connectivity index (χ0v) is 15.1. The highest BCUT2D eigenvalue weighted by Crippen LogP contribution is 2.28. The number of aromatic nitrogens is 1. The first kappa shape index (κ1) is 21.2. The van der Waals surface area contributed by atoms with Gasteiger partial charge in [-0.15, -0.1) is 0 Å². The minimum atomic E-state index is -5.19. The van der Waals surface area contributed by atoms with Crippen LogP contribution in [0.2, 0.25) is 0 Å². The molecule has 0 bridgehead atoms. The number of Topliss-reactive ketones (excluding diaryl/α,β-unsaturated/α-hetero) is 1. The number of hydrogen-bond acceptors (Lipinski definition) is 6. The molecule has 0 saturated heterocycles. The third kappa shape index (κ3) is 4.24. The summed E-state index contributed by atoms with van der Waals surface area (Å²) in [7, 11) is 3.35. The number of aryl methyl sites for hydroxylation is 1. The van der Waals surface area contributed by atoms with Gasteiger partial charge in [0, 0.05) is 25.2 Å². The number of hydrogen-bond donors (Lipinski definition) is 1. The number of carbonyl (C=O) groups excluding carboxylic acids is 3. The van der Waals surface area contributed by atoms with Crippen molar-refractivity contribution in [3.05, 3.63) is 34.8 Å². The van der Waals surface area contributed by atoms with Gasteiger partial charge in [-0.3, -0.25) is 9.59 Å². The predicted octanol–water partition coefficient (Wildman–Crippen LogP) is -0.624. The molecule has 1 aliphatic carbocycles. The van der Waals surface area contributed by atoms with Gasteiger partial charge in [0.05, 0.1) is 24.8 Å². The summed E-state index contributed by atoms with van der Waals surface area (Å²) in [5.74, 6) is -3.46. The van der Waals surface area contributed by atoms with Crippen LogP contribution in [0.4, 0.5) is 13.2 Å². The lowest BCUT2D eigenvalue weighted by atomic mass is 9.92. The molecular weight excluding hydrogens is 383 g/mol. The van der Waals surface area contributed by atoms with Crippen LogP contribution in [0.3, 0.4) is 0 Å². The van der Waals surface area contributed by atoms with Crippen molar-refractivity contribution in [3.63, 3.8) is 0 Å². The second kappa shape index (κ2) is 7.87. The molecule has 11 heteroatoms. The topological polar surface area (TPSA) is 117 Å². The number of allylic oxidation sites excluding steroid dienone is 2. The Morgan fingerprint density at radius 2 is 2.00 bits per heavy atom. The number of methoxy groups -OCH3 is 1. The predicted molar refractivity (Wildman–Crippen MR) is 87.6 cm³/mol. The number of carboxylic acids is 1. The number of alkyl halides is 3. The first-order valence-electron chi connectivity index (χ1n) is 8.14. The number of carbonyl (C=O) groups is 3. The fourth-order valence-electron chi connectivity index (χ4n) is 2.95. The third-order valence-corrected chi connectivity index (χ3v) is 4.33. The molecule has 2 aliphatic rings. The van der Waals surface area contributed by atoms with E-state index in [1.54, 1.807) is 6.08 Å². The molecule has 0 saturated carbocycles. The Labute approximate surface area is 157 Å². The Balaban J connectivity index is 0.000000345. The average molecular weight is 401 g/mol. The molecule has 152 valence electrons. The van der Waals surface area contributed by atoms with Crippen molar-refractivity contribution < 1.29 is 42.0 Å². The average Bonchev–Trinajstić information content (AvgIpc) is 2.99. The van der Waals surface area contributed by atoms with Crippen LogP contribution in [0.5, 0.6) is 0 Å². The van der Waals surface area contributed by atoms with Gasteiger partial charge in [0.25, 0.3) is 0 Å². The SMILES string of the molecule is COC(=O)CCn1cc2c3c1C(=O)C(N)=CC3=[N+](C)CC2.O=C([O-])C(F)(F)F. The number of ketones is 1.